The number of imide groups is 1. The highest BCUT2D eigenvalue weighted by molar-refractivity contribution is 7.98. The highest BCUT2D eigenvalue weighted by atomic mass is 32.2. The van der Waals surface area contributed by atoms with Crippen LogP contribution in [0.1, 0.15) is 50.5 Å². The molecule has 1 aromatic carbocycles. The summed E-state index contributed by atoms with van der Waals surface area (Å²) in [4.78, 5) is 54.1. The van der Waals surface area contributed by atoms with Gasteiger partial charge in [-0.15, -0.1) is 0 Å². The Balaban J connectivity index is 1.41. The molecule has 4 rings (SSSR count). The molecule has 0 aromatic heterocycles. The third-order valence-corrected chi connectivity index (χ3v) is 7.52. The maximum absolute atomic E-state index is 13.1. The van der Waals surface area contributed by atoms with Crippen LogP contribution in [0.25, 0.3) is 0 Å². The van der Waals surface area contributed by atoms with E-state index in [2.05, 4.69) is 5.32 Å². The fourth-order valence-electron chi connectivity index (χ4n) is 5.12. The second kappa shape index (κ2) is 10.1. The van der Waals surface area contributed by atoms with Crippen LogP contribution in [0.2, 0.25) is 0 Å². The molecule has 8 heteroatoms. The number of likely N-dealkylation sites (tertiary alicyclic amines) is 1. The van der Waals surface area contributed by atoms with Crippen molar-refractivity contribution in [2.75, 3.05) is 23.5 Å². The normalized spacial score (nSPS) is 24.1. The summed E-state index contributed by atoms with van der Waals surface area (Å²) in [6.45, 7) is 1.05. The van der Waals surface area contributed by atoms with E-state index in [1.165, 1.54) is 4.90 Å². The van der Waals surface area contributed by atoms with Crippen molar-refractivity contribution in [2.45, 2.75) is 57.5 Å². The Hall–Kier alpha value is -2.35. The van der Waals surface area contributed by atoms with E-state index in [4.69, 9.17) is 0 Å². The molecule has 1 aliphatic carbocycles. The zero-order valence-electron chi connectivity index (χ0n) is 18.5. The number of fused-ring (bicyclic) bond motifs is 1. The van der Waals surface area contributed by atoms with E-state index in [1.54, 1.807) is 16.7 Å². The van der Waals surface area contributed by atoms with Crippen LogP contribution < -0.4 is 10.2 Å². The number of thioether (sulfide) groups is 1. The van der Waals surface area contributed by atoms with Crippen LogP contribution in [0.5, 0.6) is 0 Å². The summed E-state index contributed by atoms with van der Waals surface area (Å²) in [6, 6.07) is 6.84. The van der Waals surface area contributed by atoms with Crippen molar-refractivity contribution in [3.63, 3.8) is 0 Å². The van der Waals surface area contributed by atoms with Gasteiger partial charge in [0.15, 0.2) is 0 Å². The SMILES string of the molecule is CSCC[C@@H](C(=O)NCc1ccc(N2CCCC2=O)cc1)N1C(=O)[C@H]2CCCC[C@H]2C1=O. The number of nitrogens with one attached hydrogen (secondary N) is 1. The second-order valence-corrected chi connectivity index (χ2v) is 9.86. The predicted molar refractivity (Wildman–Crippen MR) is 124 cm³/mol. The lowest BCUT2D eigenvalue weighted by Gasteiger charge is -2.26. The maximum Gasteiger partial charge on any atom is 0.243 e. The van der Waals surface area contributed by atoms with Gasteiger partial charge >= 0.3 is 0 Å². The van der Waals surface area contributed by atoms with Gasteiger partial charge in [0.2, 0.25) is 23.6 Å². The zero-order chi connectivity index (χ0) is 22.7. The average Bonchev–Trinajstić information content (AvgIpc) is 3.35. The molecule has 32 heavy (non-hydrogen) atoms. The van der Waals surface area contributed by atoms with Crippen molar-refractivity contribution < 1.29 is 19.2 Å². The molecule has 3 atom stereocenters. The molecule has 1 saturated carbocycles. The van der Waals surface area contributed by atoms with Gasteiger partial charge in [0.05, 0.1) is 11.8 Å². The monoisotopic (exact) mass is 457 g/mol. The largest absolute Gasteiger partial charge is 0.350 e. The van der Waals surface area contributed by atoms with Crippen molar-refractivity contribution in [1.29, 1.82) is 0 Å². The molecule has 0 radical (unpaired) electrons. The smallest absolute Gasteiger partial charge is 0.243 e. The standard InChI is InChI=1S/C24H31N3O4S/c1-32-14-12-20(27-23(30)18-5-2-3-6-19(18)24(27)31)22(29)25-15-16-8-10-17(11-9-16)26-13-4-7-21(26)28/h8-11,18-20H,2-7,12-15H2,1H3,(H,25,29)/t18-,19+,20-/m0/s1. The maximum atomic E-state index is 13.1. The number of amides is 4. The van der Waals surface area contributed by atoms with E-state index in [0.29, 0.717) is 25.1 Å². The highest BCUT2D eigenvalue weighted by Gasteiger charge is 2.51. The molecule has 1 aromatic rings. The molecule has 0 unspecified atom stereocenters. The number of benzene rings is 1. The quantitative estimate of drug-likeness (QED) is 0.607. The Kier molecular flexibility index (Phi) is 7.18. The summed E-state index contributed by atoms with van der Waals surface area (Å²) in [5, 5.41) is 2.93. The predicted octanol–water partition coefficient (Wildman–Crippen LogP) is 2.73. The summed E-state index contributed by atoms with van der Waals surface area (Å²) < 4.78 is 0. The van der Waals surface area contributed by atoms with E-state index in [9.17, 15) is 19.2 Å². The van der Waals surface area contributed by atoms with Gasteiger partial charge in [-0.3, -0.25) is 24.1 Å². The molecule has 3 fully saturated rings. The van der Waals surface area contributed by atoms with Crippen LogP contribution in [0.15, 0.2) is 24.3 Å². The molecule has 0 bridgehead atoms. The van der Waals surface area contributed by atoms with Crippen LogP contribution in [0, 0.1) is 11.8 Å². The van der Waals surface area contributed by atoms with Gasteiger partial charge in [0.25, 0.3) is 0 Å². The molecule has 4 amide bonds. The van der Waals surface area contributed by atoms with Crippen LogP contribution >= 0.6 is 11.8 Å². The van der Waals surface area contributed by atoms with E-state index in [-0.39, 0.29) is 35.5 Å². The van der Waals surface area contributed by atoms with Crippen molar-refractivity contribution in [3.05, 3.63) is 29.8 Å². The number of carbonyl (C=O) groups excluding carboxylic acids is 4. The first-order valence-electron chi connectivity index (χ1n) is 11.5. The Morgan fingerprint density at radius 3 is 2.28 bits per heavy atom. The van der Waals surface area contributed by atoms with E-state index >= 15 is 0 Å². The van der Waals surface area contributed by atoms with Gasteiger partial charge in [0, 0.05) is 25.2 Å². The topological polar surface area (TPSA) is 86.8 Å². The Labute approximate surface area is 193 Å². The highest BCUT2D eigenvalue weighted by Crippen LogP contribution is 2.39. The number of hydrogen-bond acceptors (Lipinski definition) is 5. The minimum Gasteiger partial charge on any atom is -0.350 e. The van der Waals surface area contributed by atoms with Gasteiger partial charge in [0.1, 0.15) is 6.04 Å². The van der Waals surface area contributed by atoms with Gasteiger partial charge in [-0.25, -0.2) is 0 Å². The van der Waals surface area contributed by atoms with Crippen molar-refractivity contribution >= 4 is 41.1 Å². The van der Waals surface area contributed by atoms with E-state index in [1.807, 2.05) is 30.5 Å². The molecule has 7 nitrogen and oxygen atoms in total. The Morgan fingerprint density at radius 2 is 1.72 bits per heavy atom. The van der Waals surface area contributed by atoms with E-state index in [0.717, 1.165) is 49.9 Å². The third-order valence-electron chi connectivity index (χ3n) is 6.87. The van der Waals surface area contributed by atoms with Crippen LogP contribution in [-0.4, -0.2) is 53.1 Å². The Morgan fingerprint density at radius 1 is 1.06 bits per heavy atom. The number of hydrogen-bond donors (Lipinski definition) is 1. The minimum absolute atomic E-state index is 0.142. The molecular weight excluding hydrogens is 426 g/mol. The van der Waals surface area contributed by atoms with Crippen LogP contribution in [-0.2, 0) is 25.7 Å². The van der Waals surface area contributed by atoms with Gasteiger partial charge in [-0.1, -0.05) is 25.0 Å². The Bertz CT molecular complexity index is 864. The fourth-order valence-corrected chi connectivity index (χ4v) is 5.58. The van der Waals surface area contributed by atoms with Crippen molar-refractivity contribution in [2.24, 2.45) is 11.8 Å². The first kappa shape index (κ1) is 22.8. The van der Waals surface area contributed by atoms with E-state index < -0.39 is 6.04 Å². The summed E-state index contributed by atoms with van der Waals surface area (Å²) in [7, 11) is 0. The first-order valence-corrected chi connectivity index (χ1v) is 12.9. The molecular formula is C24H31N3O4S. The minimum atomic E-state index is -0.755. The van der Waals surface area contributed by atoms with Gasteiger partial charge in [-0.2, -0.15) is 11.8 Å². The van der Waals surface area contributed by atoms with Gasteiger partial charge in [-0.05, 0) is 55.4 Å². The van der Waals surface area contributed by atoms with Crippen LogP contribution in [0.3, 0.4) is 0 Å². The lowest BCUT2D eigenvalue weighted by atomic mass is 9.81. The van der Waals surface area contributed by atoms with Crippen LogP contribution in [0.4, 0.5) is 5.69 Å². The first-order chi connectivity index (χ1) is 15.5. The van der Waals surface area contributed by atoms with Crippen molar-refractivity contribution in [1.82, 2.24) is 10.2 Å². The molecule has 2 saturated heterocycles. The third kappa shape index (κ3) is 4.56. The summed E-state index contributed by atoms with van der Waals surface area (Å²) in [5.41, 5.74) is 1.78. The summed E-state index contributed by atoms with van der Waals surface area (Å²) in [6.07, 6.45) is 7.30. The average molecular weight is 458 g/mol. The molecule has 172 valence electrons. The lowest BCUT2D eigenvalue weighted by Crippen LogP contribution is -2.50. The number of anilines is 1. The molecule has 0 spiro atoms. The number of nitrogens with zero attached hydrogens (tertiary/aromatic N) is 2. The fraction of sp³-hybridized carbons (Fsp3) is 0.583. The number of carbonyl (C=O) groups is 4. The zero-order valence-corrected chi connectivity index (χ0v) is 19.4. The summed E-state index contributed by atoms with van der Waals surface area (Å²) >= 11 is 1.60. The lowest BCUT2D eigenvalue weighted by molar-refractivity contribution is -0.148. The molecule has 1 N–H and O–H groups in total. The molecule has 2 aliphatic heterocycles. The van der Waals surface area contributed by atoms with Gasteiger partial charge < -0.3 is 10.2 Å². The number of rotatable bonds is 8. The molecule has 2 heterocycles. The molecule has 3 aliphatic rings. The second-order valence-electron chi connectivity index (χ2n) is 8.87. The van der Waals surface area contributed by atoms with Crippen molar-refractivity contribution in [3.8, 4) is 0 Å². The summed E-state index contributed by atoms with van der Waals surface area (Å²) in [5.74, 6) is -0.269.